The van der Waals surface area contributed by atoms with E-state index >= 15 is 0 Å². The van der Waals surface area contributed by atoms with Crippen LogP contribution in [-0.2, 0) is 9.53 Å². The number of methoxy groups -OCH3 is 1. The van der Waals surface area contributed by atoms with Crippen LogP contribution in [0.15, 0.2) is 72.8 Å². The smallest absolute Gasteiger partial charge is 0.339 e. The fourth-order valence-electron chi connectivity index (χ4n) is 3.14. The summed E-state index contributed by atoms with van der Waals surface area (Å²) in [4.78, 5) is 33.1. The van der Waals surface area contributed by atoms with Gasteiger partial charge < -0.3 is 19.8 Å². The van der Waals surface area contributed by atoms with E-state index in [0.717, 1.165) is 11.0 Å². The number of ether oxygens (including phenoxy) is 2. The molecule has 0 bridgehead atoms. The van der Waals surface area contributed by atoms with Crippen molar-refractivity contribution in [1.82, 2.24) is 9.97 Å². The fourth-order valence-corrected chi connectivity index (χ4v) is 3.14. The zero-order valence-corrected chi connectivity index (χ0v) is 17.1. The van der Waals surface area contributed by atoms with Gasteiger partial charge in [-0.2, -0.15) is 0 Å². The summed E-state index contributed by atoms with van der Waals surface area (Å²) in [5, 5.41) is 2.72. The van der Waals surface area contributed by atoms with Crippen molar-refractivity contribution >= 4 is 28.6 Å². The third kappa shape index (κ3) is 4.40. The van der Waals surface area contributed by atoms with Gasteiger partial charge in [0.25, 0.3) is 5.91 Å². The number of amides is 1. The molecular formula is C24H21N3O4. The predicted octanol–water partition coefficient (Wildman–Crippen LogP) is 4.42. The molecule has 0 aliphatic carbocycles. The van der Waals surface area contributed by atoms with Gasteiger partial charge in [-0.3, -0.25) is 4.79 Å². The number of carbonyl (C=O) groups is 2. The van der Waals surface area contributed by atoms with Gasteiger partial charge in [-0.05, 0) is 49.4 Å². The quantitative estimate of drug-likeness (QED) is 0.455. The van der Waals surface area contributed by atoms with Crippen LogP contribution in [0.3, 0.4) is 0 Å². The molecule has 2 N–H and O–H groups in total. The number of hydrogen-bond donors (Lipinski definition) is 2. The van der Waals surface area contributed by atoms with E-state index in [-0.39, 0.29) is 0 Å². The average molecular weight is 415 g/mol. The lowest BCUT2D eigenvalue weighted by Gasteiger charge is -2.15. The second-order valence-corrected chi connectivity index (χ2v) is 6.91. The molecule has 1 aromatic heterocycles. The number of fused-ring (bicyclic) bond motifs is 1. The number of H-pyrrole nitrogens is 1. The van der Waals surface area contributed by atoms with Gasteiger partial charge in [0.15, 0.2) is 6.10 Å². The first-order valence-electron chi connectivity index (χ1n) is 9.75. The van der Waals surface area contributed by atoms with Crippen molar-refractivity contribution in [3.8, 4) is 17.1 Å². The van der Waals surface area contributed by atoms with Gasteiger partial charge in [0.2, 0.25) is 0 Å². The van der Waals surface area contributed by atoms with Crippen molar-refractivity contribution in [3.05, 3.63) is 78.4 Å². The van der Waals surface area contributed by atoms with Crippen molar-refractivity contribution in [2.75, 3.05) is 12.4 Å². The van der Waals surface area contributed by atoms with E-state index in [1.165, 1.54) is 6.92 Å². The number of rotatable bonds is 6. The number of hydrogen-bond acceptors (Lipinski definition) is 5. The third-order valence-corrected chi connectivity index (χ3v) is 4.80. The van der Waals surface area contributed by atoms with Gasteiger partial charge in [0.05, 0.1) is 23.7 Å². The number of benzene rings is 3. The molecular weight excluding hydrogens is 394 g/mol. The molecule has 4 aromatic rings. The van der Waals surface area contributed by atoms with E-state index in [4.69, 9.17) is 9.47 Å². The Morgan fingerprint density at radius 1 is 0.968 bits per heavy atom. The van der Waals surface area contributed by atoms with E-state index < -0.39 is 18.0 Å². The Labute approximate surface area is 179 Å². The van der Waals surface area contributed by atoms with E-state index in [1.54, 1.807) is 49.6 Å². The minimum Gasteiger partial charge on any atom is -0.497 e. The summed E-state index contributed by atoms with van der Waals surface area (Å²) in [5.41, 5.74) is 3.18. The summed E-state index contributed by atoms with van der Waals surface area (Å²) in [5.74, 6) is 0.205. The lowest BCUT2D eigenvalue weighted by atomic mass is 10.1. The molecule has 0 saturated carbocycles. The van der Waals surface area contributed by atoms with Crippen molar-refractivity contribution in [1.29, 1.82) is 0 Å². The molecule has 7 heteroatoms. The second-order valence-electron chi connectivity index (χ2n) is 6.91. The standard InChI is InChI=1S/C24H21N3O4/c1-15(23(28)25-16-11-13-17(30-2)14-12-16)31-24(29)19-8-4-3-7-18(19)22-26-20-9-5-6-10-21(20)27-22/h3-15H,1-2H3,(H,25,28)(H,26,27). The molecule has 156 valence electrons. The highest BCUT2D eigenvalue weighted by Gasteiger charge is 2.22. The third-order valence-electron chi connectivity index (χ3n) is 4.80. The van der Waals surface area contributed by atoms with E-state index in [0.29, 0.717) is 28.4 Å². The Morgan fingerprint density at radius 2 is 1.68 bits per heavy atom. The summed E-state index contributed by atoms with van der Waals surface area (Å²) in [6.07, 6.45) is -0.988. The zero-order valence-electron chi connectivity index (χ0n) is 17.1. The molecule has 4 rings (SSSR count). The van der Waals surface area contributed by atoms with Crippen LogP contribution in [-0.4, -0.2) is 35.1 Å². The molecule has 0 fully saturated rings. The fraction of sp³-hybridized carbons (Fsp3) is 0.125. The lowest BCUT2D eigenvalue weighted by molar-refractivity contribution is -0.123. The number of nitrogens with zero attached hydrogens (tertiary/aromatic N) is 1. The van der Waals surface area contributed by atoms with Gasteiger partial charge in [-0.1, -0.05) is 30.3 Å². The minimum atomic E-state index is -0.988. The SMILES string of the molecule is COc1ccc(NC(=O)C(C)OC(=O)c2ccccc2-c2nc3ccccc3[nH]2)cc1. The molecule has 0 spiro atoms. The summed E-state index contributed by atoms with van der Waals surface area (Å²) in [6.45, 7) is 1.53. The molecule has 3 aromatic carbocycles. The Hall–Kier alpha value is -4.13. The summed E-state index contributed by atoms with van der Waals surface area (Å²) < 4.78 is 10.5. The molecule has 1 unspecified atom stereocenters. The van der Waals surface area contributed by atoms with Crippen LogP contribution in [0.25, 0.3) is 22.4 Å². The highest BCUT2D eigenvalue weighted by Crippen LogP contribution is 2.25. The van der Waals surface area contributed by atoms with Gasteiger partial charge in [0, 0.05) is 11.3 Å². The molecule has 1 amide bonds. The number of aromatic amines is 1. The largest absolute Gasteiger partial charge is 0.497 e. The monoisotopic (exact) mass is 415 g/mol. The molecule has 31 heavy (non-hydrogen) atoms. The summed E-state index contributed by atoms with van der Waals surface area (Å²) in [7, 11) is 1.57. The first-order chi connectivity index (χ1) is 15.0. The maximum atomic E-state index is 12.8. The van der Waals surface area contributed by atoms with Gasteiger partial charge in [-0.25, -0.2) is 9.78 Å². The van der Waals surface area contributed by atoms with E-state index in [2.05, 4.69) is 15.3 Å². The van der Waals surface area contributed by atoms with Crippen molar-refractivity contribution < 1.29 is 19.1 Å². The Balaban J connectivity index is 1.49. The molecule has 0 radical (unpaired) electrons. The van der Waals surface area contributed by atoms with Gasteiger partial charge >= 0.3 is 5.97 Å². The maximum Gasteiger partial charge on any atom is 0.339 e. The molecule has 1 atom stereocenters. The summed E-state index contributed by atoms with van der Waals surface area (Å²) in [6, 6.07) is 21.5. The number of para-hydroxylation sites is 2. The molecule has 0 saturated heterocycles. The van der Waals surface area contributed by atoms with E-state index in [9.17, 15) is 9.59 Å². The Morgan fingerprint density at radius 3 is 2.42 bits per heavy atom. The van der Waals surface area contributed by atoms with Crippen LogP contribution in [0.4, 0.5) is 5.69 Å². The highest BCUT2D eigenvalue weighted by molar-refractivity contribution is 6.00. The number of aromatic nitrogens is 2. The van der Waals surface area contributed by atoms with Gasteiger partial charge in [-0.15, -0.1) is 0 Å². The molecule has 7 nitrogen and oxygen atoms in total. The predicted molar refractivity (Wildman–Crippen MR) is 118 cm³/mol. The second kappa shape index (κ2) is 8.71. The van der Waals surface area contributed by atoms with Crippen LogP contribution < -0.4 is 10.1 Å². The molecule has 0 aliphatic rings. The Bertz CT molecular complexity index is 1200. The van der Waals surface area contributed by atoms with Crippen LogP contribution >= 0.6 is 0 Å². The molecule has 1 heterocycles. The van der Waals surface area contributed by atoms with Crippen LogP contribution in [0.5, 0.6) is 5.75 Å². The number of esters is 1. The van der Waals surface area contributed by atoms with Crippen molar-refractivity contribution in [2.45, 2.75) is 13.0 Å². The van der Waals surface area contributed by atoms with Crippen molar-refractivity contribution in [3.63, 3.8) is 0 Å². The van der Waals surface area contributed by atoms with Crippen molar-refractivity contribution in [2.24, 2.45) is 0 Å². The topological polar surface area (TPSA) is 93.3 Å². The normalized spacial score (nSPS) is 11.7. The Kier molecular flexibility index (Phi) is 5.66. The van der Waals surface area contributed by atoms with Gasteiger partial charge in [0.1, 0.15) is 11.6 Å². The van der Waals surface area contributed by atoms with E-state index in [1.807, 2.05) is 30.3 Å². The number of nitrogens with one attached hydrogen (secondary N) is 2. The average Bonchev–Trinajstić information content (AvgIpc) is 3.23. The number of imidazole rings is 1. The van der Waals surface area contributed by atoms with Crippen LogP contribution in [0, 0.1) is 0 Å². The summed E-state index contributed by atoms with van der Waals surface area (Å²) >= 11 is 0. The number of anilines is 1. The number of carbonyl (C=O) groups excluding carboxylic acids is 2. The minimum absolute atomic E-state index is 0.325. The first-order valence-corrected chi connectivity index (χ1v) is 9.75. The zero-order chi connectivity index (χ0) is 21.8. The van der Waals surface area contributed by atoms with Crippen LogP contribution in [0.2, 0.25) is 0 Å². The maximum absolute atomic E-state index is 12.8. The van der Waals surface area contributed by atoms with Crippen LogP contribution in [0.1, 0.15) is 17.3 Å². The lowest BCUT2D eigenvalue weighted by Crippen LogP contribution is -2.30. The first kappa shape index (κ1) is 20.2. The highest BCUT2D eigenvalue weighted by atomic mass is 16.5. The molecule has 0 aliphatic heterocycles.